The van der Waals surface area contributed by atoms with Crippen LogP contribution in [0.15, 0.2) is 83.8 Å². The Morgan fingerprint density at radius 2 is 1.27 bits per heavy atom. The minimum atomic E-state index is -0.248. The molecule has 41 heavy (non-hydrogen) atoms. The van der Waals surface area contributed by atoms with E-state index in [9.17, 15) is 0 Å². The highest BCUT2D eigenvalue weighted by Gasteiger charge is 2.46. The van der Waals surface area contributed by atoms with E-state index in [1.807, 2.05) is 11.6 Å². The number of hydrogen-bond donors (Lipinski definition) is 0. The summed E-state index contributed by atoms with van der Waals surface area (Å²) in [5.41, 5.74) is 13.0. The predicted molar refractivity (Wildman–Crippen MR) is 170 cm³/mol. The number of benzene rings is 5. The molecule has 4 heterocycles. The molecule has 0 bridgehead atoms. The molecule has 0 fully saturated rings. The summed E-state index contributed by atoms with van der Waals surface area (Å²) in [5, 5.41) is 0. The largest absolute Gasteiger partial charge is 0.551 e. The summed E-state index contributed by atoms with van der Waals surface area (Å²) in [5.74, 6) is 4.88. The lowest BCUT2D eigenvalue weighted by molar-refractivity contribution is 0.446. The lowest BCUT2D eigenvalue weighted by atomic mass is 9.48. The van der Waals surface area contributed by atoms with E-state index in [1.165, 1.54) is 43.6 Å². The van der Waals surface area contributed by atoms with Crippen LogP contribution in [-0.4, -0.2) is 12.9 Å². The second-order valence-electron chi connectivity index (χ2n) is 11.9. The van der Waals surface area contributed by atoms with Crippen molar-refractivity contribution in [1.29, 1.82) is 0 Å². The standard InChI is InChI=1S/C35H26B2O3S/c1-18(2)31-34-25(36-32-23(13-19(3)15-28(32)38-34)21-9-5-7-11-27(21)40-36)17-26-35(31)39-29-16-20(4)14-24-22-10-6-8-12-30(22)41-37(26)33(24)29/h5-18H,1-4H3. The van der Waals surface area contributed by atoms with E-state index in [0.29, 0.717) is 0 Å². The van der Waals surface area contributed by atoms with Gasteiger partial charge in [0.25, 0.3) is 5.99 Å². The quantitative estimate of drug-likeness (QED) is 0.219. The zero-order valence-corrected chi connectivity index (χ0v) is 24.2. The smallest absolute Gasteiger partial charge is 0.434 e. The second kappa shape index (κ2) is 8.27. The number of hydrogen-bond acceptors (Lipinski definition) is 4. The monoisotopic (exact) mass is 548 g/mol. The van der Waals surface area contributed by atoms with Crippen LogP contribution < -0.4 is 36.0 Å². The van der Waals surface area contributed by atoms with E-state index in [4.69, 9.17) is 14.1 Å². The van der Waals surface area contributed by atoms with Gasteiger partial charge in [0, 0.05) is 26.9 Å². The number of para-hydroxylation sites is 1. The summed E-state index contributed by atoms with van der Waals surface area (Å²) >= 11 is 1.93. The maximum absolute atomic E-state index is 6.92. The maximum atomic E-state index is 6.92. The Balaban J connectivity index is 1.32. The lowest BCUT2D eigenvalue weighted by Gasteiger charge is -2.38. The first kappa shape index (κ1) is 23.7. The summed E-state index contributed by atoms with van der Waals surface area (Å²) in [4.78, 5) is 1.31. The van der Waals surface area contributed by atoms with Gasteiger partial charge < -0.3 is 14.1 Å². The van der Waals surface area contributed by atoms with Crippen LogP contribution in [0.2, 0.25) is 0 Å². The first-order chi connectivity index (χ1) is 20.0. The van der Waals surface area contributed by atoms with Crippen LogP contribution in [0.25, 0.3) is 22.3 Å². The summed E-state index contributed by atoms with van der Waals surface area (Å²) in [6.07, 6.45) is 0. The summed E-state index contributed by atoms with van der Waals surface area (Å²) in [6, 6.07) is 28.4. The molecule has 196 valence electrons. The van der Waals surface area contributed by atoms with Crippen molar-refractivity contribution in [1.82, 2.24) is 0 Å². The Bertz CT molecular complexity index is 1850. The van der Waals surface area contributed by atoms with E-state index in [-0.39, 0.29) is 18.8 Å². The molecule has 6 heteroatoms. The van der Waals surface area contributed by atoms with Crippen LogP contribution in [0.4, 0.5) is 0 Å². The third-order valence-corrected chi connectivity index (χ3v) is 10.2. The van der Waals surface area contributed by atoms with Gasteiger partial charge in [-0.1, -0.05) is 68.4 Å². The molecule has 0 amide bonds. The van der Waals surface area contributed by atoms with E-state index in [2.05, 4.69) is 107 Å². The van der Waals surface area contributed by atoms with Crippen LogP contribution in [0, 0.1) is 13.8 Å². The lowest BCUT2D eigenvalue weighted by Crippen LogP contribution is -2.56. The molecule has 5 aromatic carbocycles. The third kappa shape index (κ3) is 3.20. The minimum Gasteiger partial charge on any atom is -0.551 e. The van der Waals surface area contributed by atoms with Crippen LogP contribution in [0.5, 0.6) is 28.7 Å². The molecule has 0 spiro atoms. The van der Waals surface area contributed by atoms with Crippen molar-refractivity contribution >= 4 is 46.4 Å². The first-order valence-corrected chi connectivity index (χ1v) is 15.2. The molecule has 0 aromatic heterocycles. The molecule has 0 saturated carbocycles. The zero-order valence-electron chi connectivity index (χ0n) is 23.4. The topological polar surface area (TPSA) is 27.7 Å². The van der Waals surface area contributed by atoms with Gasteiger partial charge in [0.1, 0.15) is 28.7 Å². The number of rotatable bonds is 1. The maximum Gasteiger partial charge on any atom is 0.434 e. The molecule has 0 atom stereocenters. The summed E-state index contributed by atoms with van der Waals surface area (Å²) < 4.78 is 20.7. The molecule has 0 radical (unpaired) electrons. The number of aryl methyl sites for hydroxylation is 2. The average molecular weight is 548 g/mol. The third-order valence-electron chi connectivity index (χ3n) is 8.83. The van der Waals surface area contributed by atoms with Crippen molar-refractivity contribution in [2.24, 2.45) is 0 Å². The van der Waals surface area contributed by atoms with Gasteiger partial charge in [-0.15, -0.1) is 0 Å². The van der Waals surface area contributed by atoms with Gasteiger partial charge in [-0.25, -0.2) is 0 Å². The van der Waals surface area contributed by atoms with Crippen molar-refractivity contribution < 1.29 is 14.1 Å². The highest BCUT2D eigenvalue weighted by atomic mass is 32.2. The van der Waals surface area contributed by atoms with Crippen molar-refractivity contribution in [2.75, 3.05) is 0 Å². The Kier molecular flexibility index (Phi) is 4.77. The molecule has 5 aromatic rings. The fourth-order valence-corrected chi connectivity index (χ4v) is 8.53. The van der Waals surface area contributed by atoms with Gasteiger partial charge in [-0.3, -0.25) is 0 Å². The number of ether oxygens (including phenoxy) is 2. The molecule has 0 saturated heterocycles. The normalized spacial score (nSPS) is 14.5. The highest BCUT2D eigenvalue weighted by Crippen LogP contribution is 2.48. The molecule has 0 unspecified atom stereocenters. The van der Waals surface area contributed by atoms with Crippen LogP contribution in [-0.2, 0) is 0 Å². The molecule has 0 aliphatic carbocycles. The van der Waals surface area contributed by atoms with Gasteiger partial charge in [0.2, 0.25) is 0 Å². The molecule has 4 aliphatic rings. The van der Waals surface area contributed by atoms with Crippen LogP contribution in [0.3, 0.4) is 0 Å². The fraction of sp³-hybridized carbons (Fsp3) is 0.143. The fourth-order valence-electron chi connectivity index (χ4n) is 7.15. The number of fused-ring (bicyclic) bond motifs is 8. The predicted octanol–water partition coefficient (Wildman–Crippen LogP) is 6.68. The SMILES string of the molecule is Cc1cc2c3c(c1)-c1ccccc1OB3c1cc3c(c(C(C)C)c1O2)Oc1cc(C)cc2c1B3Sc1ccccc1-2. The Morgan fingerprint density at radius 3 is 2.02 bits per heavy atom. The van der Waals surface area contributed by atoms with Gasteiger partial charge in [-0.2, -0.15) is 11.6 Å². The van der Waals surface area contributed by atoms with Crippen LogP contribution in [0.1, 0.15) is 36.5 Å². The Labute approximate surface area is 245 Å². The second-order valence-corrected chi connectivity index (χ2v) is 13.1. The summed E-state index contributed by atoms with van der Waals surface area (Å²) in [6.45, 7) is 8.51. The molecule has 0 N–H and O–H groups in total. The molecule has 4 aliphatic heterocycles. The van der Waals surface area contributed by atoms with Crippen LogP contribution >= 0.6 is 11.6 Å². The Morgan fingerprint density at radius 1 is 0.634 bits per heavy atom. The first-order valence-electron chi connectivity index (χ1n) is 14.3. The van der Waals surface area contributed by atoms with Crippen molar-refractivity contribution in [3.05, 3.63) is 95.6 Å². The average Bonchev–Trinajstić information content (AvgIpc) is 2.96. The van der Waals surface area contributed by atoms with Gasteiger partial charge in [0.15, 0.2) is 0 Å². The molecular formula is C35H26B2O3S. The van der Waals surface area contributed by atoms with E-state index < -0.39 is 0 Å². The van der Waals surface area contributed by atoms with Gasteiger partial charge in [0.05, 0.1) is 0 Å². The van der Waals surface area contributed by atoms with Crippen molar-refractivity contribution in [2.45, 2.75) is 38.5 Å². The highest BCUT2D eigenvalue weighted by molar-refractivity contribution is 8.28. The summed E-state index contributed by atoms with van der Waals surface area (Å²) in [7, 11) is 0. The Hall–Kier alpha value is -4.02. The molecular weight excluding hydrogens is 522 g/mol. The zero-order chi connectivity index (χ0) is 27.6. The minimum absolute atomic E-state index is 0.122. The van der Waals surface area contributed by atoms with Crippen molar-refractivity contribution in [3.8, 4) is 51.0 Å². The van der Waals surface area contributed by atoms with E-state index >= 15 is 0 Å². The van der Waals surface area contributed by atoms with Crippen molar-refractivity contribution in [3.63, 3.8) is 0 Å². The van der Waals surface area contributed by atoms with E-state index in [1.54, 1.807) is 0 Å². The van der Waals surface area contributed by atoms with Gasteiger partial charge >= 0.3 is 6.92 Å². The van der Waals surface area contributed by atoms with Gasteiger partial charge in [-0.05, 0) is 82.8 Å². The van der Waals surface area contributed by atoms with E-state index in [0.717, 1.165) is 50.8 Å². The molecule has 9 rings (SSSR count). The molecule has 3 nitrogen and oxygen atoms in total.